The van der Waals surface area contributed by atoms with Crippen LogP contribution in [0.2, 0.25) is 0 Å². The summed E-state index contributed by atoms with van der Waals surface area (Å²) in [5, 5.41) is 5.42. The largest absolute Gasteiger partial charge is 0.325 e. The number of carbonyl (C=O) groups is 1. The number of hydrogen-bond acceptors (Lipinski definition) is 4. The molecule has 1 aliphatic carbocycles. The molecule has 0 aliphatic heterocycles. The zero-order valence-electron chi connectivity index (χ0n) is 10.2. The molecule has 2 rings (SSSR count). The quantitative estimate of drug-likeness (QED) is 0.869. The first kappa shape index (κ1) is 12.5. The van der Waals surface area contributed by atoms with Crippen LogP contribution in [-0.2, 0) is 4.79 Å². The number of aromatic nitrogens is 1. The van der Waals surface area contributed by atoms with Crippen LogP contribution in [0.15, 0.2) is 5.38 Å². The third kappa shape index (κ3) is 3.51. The highest BCUT2D eigenvalue weighted by Gasteiger charge is 2.30. The molecule has 0 unspecified atom stereocenters. The highest BCUT2D eigenvalue weighted by atomic mass is 32.1. The lowest BCUT2D eigenvalue weighted by Crippen LogP contribution is -2.44. The van der Waals surface area contributed by atoms with Crippen molar-refractivity contribution in [3.63, 3.8) is 0 Å². The summed E-state index contributed by atoms with van der Waals surface area (Å²) in [7, 11) is 0. The van der Waals surface area contributed by atoms with E-state index in [0.29, 0.717) is 11.6 Å². The lowest BCUT2D eigenvalue weighted by Gasteiger charge is -2.32. The Morgan fingerprint density at radius 2 is 2.24 bits per heavy atom. The van der Waals surface area contributed by atoms with Crippen LogP contribution in [0.25, 0.3) is 0 Å². The monoisotopic (exact) mass is 253 g/mol. The zero-order chi connectivity index (χ0) is 12.3. The highest BCUT2D eigenvalue weighted by molar-refractivity contribution is 7.13. The third-order valence-electron chi connectivity index (χ3n) is 3.23. The molecule has 0 aromatic carbocycles. The van der Waals surface area contributed by atoms with E-state index in [1.807, 2.05) is 12.3 Å². The Labute approximate surface area is 106 Å². The summed E-state index contributed by atoms with van der Waals surface area (Å²) < 4.78 is 0. The molecule has 0 atom stereocenters. The smallest absolute Gasteiger partial charge is 0.228 e. The van der Waals surface area contributed by atoms with E-state index in [1.165, 1.54) is 17.8 Å². The summed E-state index contributed by atoms with van der Waals surface area (Å²) in [6.45, 7) is 1.91. The van der Waals surface area contributed by atoms with Gasteiger partial charge in [-0.05, 0) is 19.8 Å². The van der Waals surface area contributed by atoms with Gasteiger partial charge < -0.3 is 11.1 Å². The maximum atomic E-state index is 11.9. The maximum Gasteiger partial charge on any atom is 0.228 e. The van der Waals surface area contributed by atoms with E-state index < -0.39 is 0 Å². The van der Waals surface area contributed by atoms with Gasteiger partial charge in [0.1, 0.15) is 0 Å². The van der Waals surface area contributed by atoms with Crippen molar-refractivity contribution in [1.29, 1.82) is 0 Å². The van der Waals surface area contributed by atoms with Crippen LogP contribution < -0.4 is 11.1 Å². The van der Waals surface area contributed by atoms with Crippen molar-refractivity contribution >= 4 is 22.4 Å². The molecule has 1 amide bonds. The number of hydrogen-bond donors (Lipinski definition) is 2. The Morgan fingerprint density at radius 3 is 2.82 bits per heavy atom. The molecular weight excluding hydrogens is 234 g/mol. The van der Waals surface area contributed by atoms with E-state index in [4.69, 9.17) is 5.73 Å². The van der Waals surface area contributed by atoms with Gasteiger partial charge in [0.15, 0.2) is 5.13 Å². The second kappa shape index (κ2) is 5.14. The van der Waals surface area contributed by atoms with Crippen LogP contribution in [0.3, 0.4) is 0 Å². The number of thiazole rings is 1. The van der Waals surface area contributed by atoms with E-state index in [1.54, 1.807) is 0 Å². The van der Waals surface area contributed by atoms with Gasteiger partial charge in [0.25, 0.3) is 0 Å². The number of nitrogens with two attached hydrogens (primary N) is 1. The van der Waals surface area contributed by atoms with Crippen LogP contribution in [0.1, 0.15) is 44.2 Å². The van der Waals surface area contributed by atoms with Crippen LogP contribution >= 0.6 is 11.3 Å². The average molecular weight is 253 g/mol. The van der Waals surface area contributed by atoms with Crippen molar-refractivity contribution in [2.75, 3.05) is 5.32 Å². The van der Waals surface area contributed by atoms with Crippen molar-refractivity contribution in [3.05, 3.63) is 11.1 Å². The van der Waals surface area contributed by atoms with Gasteiger partial charge in [0, 0.05) is 17.3 Å². The average Bonchev–Trinajstić information content (AvgIpc) is 2.63. The number of aryl methyl sites for hydroxylation is 1. The molecule has 1 aromatic rings. The van der Waals surface area contributed by atoms with Gasteiger partial charge in [-0.15, -0.1) is 11.3 Å². The Balaban J connectivity index is 1.88. The number of nitrogens with one attached hydrogen (secondary N) is 1. The minimum Gasteiger partial charge on any atom is -0.325 e. The first-order chi connectivity index (χ1) is 8.07. The van der Waals surface area contributed by atoms with Crippen LogP contribution in [0.5, 0.6) is 0 Å². The fraction of sp³-hybridized carbons (Fsp3) is 0.667. The predicted octanol–water partition coefficient (Wildman–Crippen LogP) is 2.44. The molecule has 94 valence electrons. The standard InChI is InChI=1S/C12H19N3OS/c1-9-8-17-11(14-9)15-10(16)7-12(13)5-3-2-4-6-12/h8H,2-7,13H2,1H3,(H,14,15,16). The van der Waals surface area contributed by atoms with Gasteiger partial charge >= 0.3 is 0 Å². The highest BCUT2D eigenvalue weighted by Crippen LogP contribution is 2.29. The Bertz CT molecular complexity index is 396. The van der Waals surface area contributed by atoms with Crippen molar-refractivity contribution in [2.24, 2.45) is 5.73 Å². The van der Waals surface area contributed by atoms with Gasteiger partial charge in [-0.2, -0.15) is 0 Å². The SMILES string of the molecule is Cc1csc(NC(=O)CC2(N)CCCCC2)n1. The summed E-state index contributed by atoms with van der Waals surface area (Å²) in [4.78, 5) is 16.1. The fourth-order valence-electron chi connectivity index (χ4n) is 2.33. The second-order valence-corrected chi connectivity index (χ2v) is 5.80. The van der Waals surface area contributed by atoms with Crippen molar-refractivity contribution < 1.29 is 4.79 Å². The molecule has 0 saturated heterocycles. The van der Waals surface area contributed by atoms with Crippen molar-refractivity contribution in [2.45, 2.75) is 51.0 Å². The number of anilines is 1. The van der Waals surface area contributed by atoms with Crippen molar-refractivity contribution in [3.8, 4) is 0 Å². The predicted molar refractivity (Wildman–Crippen MR) is 70.1 cm³/mol. The molecule has 1 aromatic heterocycles. The molecule has 1 saturated carbocycles. The van der Waals surface area contributed by atoms with E-state index in [0.717, 1.165) is 31.4 Å². The lowest BCUT2D eigenvalue weighted by molar-refractivity contribution is -0.117. The van der Waals surface area contributed by atoms with Gasteiger partial charge in [-0.3, -0.25) is 4.79 Å². The minimum absolute atomic E-state index is 0.0104. The van der Waals surface area contributed by atoms with Crippen LogP contribution in [0.4, 0.5) is 5.13 Å². The molecule has 0 spiro atoms. The topological polar surface area (TPSA) is 68.0 Å². The van der Waals surface area contributed by atoms with Crippen molar-refractivity contribution in [1.82, 2.24) is 4.98 Å². The third-order valence-corrected chi connectivity index (χ3v) is 4.10. The second-order valence-electron chi connectivity index (χ2n) is 4.94. The molecule has 0 bridgehead atoms. The van der Waals surface area contributed by atoms with Gasteiger partial charge in [-0.25, -0.2) is 4.98 Å². The van der Waals surface area contributed by atoms with Gasteiger partial charge in [-0.1, -0.05) is 19.3 Å². The summed E-state index contributed by atoms with van der Waals surface area (Å²) in [5.74, 6) is -0.0104. The summed E-state index contributed by atoms with van der Waals surface area (Å²) in [5.41, 5.74) is 6.88. The first-order valence-corrected chi connectivity index (χ1v) is 6.96. The minimum atomic E-state index is -0.297. The molecule has 4 nitrogen and oxygen atoms in total. The molecule has 1 aliphatic rings. The van der Waals surface area contributed by atoms with Gasteiger partial charge in [0.05, 0.1) is 5.69 Å². The fourth-order valence-corrected chi connectivity index (χ4v) is 3.03. The molecule has 0 radical (unpaired) electrons. The first-order valence-electron chi connectivity index (χ1n) is 6.08. The molecular formula is C12H19N3OS. The Morgan fingerprint density at radius 1 is 1.53 bits per heavy atom. The molecule has 17 heavy (non-hydrogen) atoms. The van der Waals surface area contributed by atoms with Crippen LogP contribution in [0, 0.1) is 6.92 Å². The van der Waals surface area contributed by atoms with E-state index in [9.17, 15) is 4.79 Å². The number of nitrogens with zero attached hydrogens (tertiary/aromatic N) is 1. The van der Waals surface area contributed by atoms with Gasteiger partial charge in [0.2, 0.25) is 5.91 Å². The molecule has 1 fully saturated rings. The summed E-state index contributed by atoms with van der Waals surface area (Å²) in [6.07, 6.45) is 5.84. The lowest BCUT2D eigenvalue weighted by atomic mass is 9.80. The van der Waals surface area contributed by atoms with E-state index in [2.05, 4.69) is 10.3 Å². The van der Waals surface area contributed by atoms with E-state index >= 15 is 0 Å². The summed E-state index contributed by atoms with van der Waals surface area (Å²) >= 11 is 1.45. The summed E-state index contributed by atoms with van der Waals surface area (Å²) in [6, 6.07) is 0. The zero-order valence-corrected chi connectivity index (χ0v) is 11.0. The van der Waals surface area contributed by atoms with E-state index in [-0.39, 0.29) is 11.4 Å². The Hall–Kier alpha value is -0.940. The van der Waals surface area contributed by atoms with Crippen LogP contribution in [-0.4, -0.2) is 16.4 Å². The molecule has 3 N–H and O–H groups in total. The molecule has 5 heteroatoms. The molecule has 1 heterocycles. The number of rotatable bonds is 3. The Kier molecular flexibility index (Phi) is 3.79. The number of carbonyl (C=O) groups excluding carboxylic acids is 1. The maximum absolute atomic E-state index is 11.9. The number of amides is 1. The normalized spacial score (nSPS) is 18.9.